The molecular weight excluding hydrogens is 164 g/mol. The van der Waals surface area contributed by atoms with Crippen molar-refractivity contribution in [2.24, 2.45) is 5.92 Å². The molecule has 0 amide bonds. The summed E-state index contributed by atoms with van der Waals surface area (Å²) in [6.45, 7) is 6.46. The van der Waals surface area contributed by atoms with E-state index in [0.29, 0.717) is 12.0 Å². The third kappa shape index (κ3) is 3.49. The maximum absolute atomic E-state index is 9.78. The third-order valence-electron chi connectivity index (χ3n) is 2.68. The van der Waals surface area contributed by atoms with E-state index in [1.807, 2.05) is 6.08 Å². The first-order chi connectivity index (χ1) is 6.24. The molecule has 1 aliphatic heterocycles. The Bertz CT molecular complexity index is 156. The van der Waals surface area contributed by atoms with E-state index in [9.17, 15) is 5.11 Å². The Balaban J connectivity index is 2.15. The van der Waals surface area contributed by atoms with Crippen molar-refractivity contribution in [1.29, 1.82) is 0 Å². The van der Waals surface area contributed by atoms with Gasteiger partial charge in [0.05, 0.1) is 18.8 Å². The molecule has 1 rings (SSSR count). The van der Waals surface area contributed by atoms with Crippen LogP contribution in [0.5, 0.6) is 0 Å². The Morgan fingerprint density at radius 1 is 1.69 bits per heavy atom. The molecule has 0 spiro atoms. The van der Waals surface area contributed by atoms with Crippen molar-refractivity contribution in [1.82, 2.24) is 0 Å². The van der Waals surface area contributed by atoms with Gasteiger partial charge in [0, 0.05) is 5.92 Å². The van der Waals surface area contributed by atoms with Gasteiger partial charge in [-0.25, -0.2) is 0 Å². The van der Waals surface area contributed by atoms with Gasteiger partial charge in [-0.2, -0.15) is 0 Å². The fraction of sp³-hybridized carbons (Fsp3) is 0.818. The molecule has 1 fully saturated rings. The topological polar surface area (TPSA) is 29.5 Å². The van der Waals surface area contributed by atoms with Gasteiger partial charge in [0.1, 0.15) is 0 Å². The molecule has 1 aliphatic rings. The molecule has 2 nitrogen and oxygen atoms in total. The smallest absolute Gasteiger partial charge is 0.0591 e. The fourth-order valence-corrected chi connectivity index (χ4v) is 1.83. The van der Waals surface area contributed by atoms with Crippen LogP contribution in [0.15, 0.2) is 12.7 Å². The fourth-order valence-electron chi connectivity index (χ4n) is 1.83. The molecule has 0 aliphatic carbocycles. The summed E-state index contributed by atoms with van der Waals surface area (Å²) in [5.41, 5.74) is 0. The number of unbranched alkanes of at least 4 members (excludes halogenated alkanes) is 1. The maximum Gasteiger partial charge on any atom is 0.0591 e. The zero-order chi connectivity index (χ0) is 9.68. The van der Waals surface area contributed by atoms with Gasteiger partial charge >= 0.3 is 0 Å². The minimum atomic E-state index is -0.176. The van der Waals surface area contributed by atoms with Gasteiger partial charge in [0.15, 0.2) is 0 Å². The molecule has 0 saturated carbocycles. The van der Waals surface area contributed by atoms with E-state index < -0.39 is 0 Å². The van der Waals surface area contributed by atoms with Crippen molar-refractivity contribution >= 4 is 0 Å². The average molecular weight is 184 g/mol. The average Bonchev–Trinajstić information content (AvgIpc) is 2.52. The molecule has 1 N–H and O–H groups in total. The van der Waals surface area contributed by atoms with Crippen molar-refractivity contribution in [3.05, 3.63) is 12.7 Å². The molecule has 0 aromatic heterocycles. The zero-order valence-electron chi connectivity index (χ0n) is 8.41. The Morgan fingerprint density at radius 3 is 3.00 bits per heavy atom. The van der Waals surface area contributed by atoms with Crippen molar-refractivity contribution < 1.29 is 9.84 Å². The van der Waals surface area contributed by atoms with Crippen molar-refractivity contribution in [2.75, 3.05) is 6.61 Å². The molecule has 3 atom stereocenters. The summed E-state index contributed by atoms with van der Waals surface area (Å²) in [6.07, 6.45) is 5.99. The molecule has 1 saturated heterocycles. The van der Waals surface area contributed by atoms with Crippen LogP contribution in [0.25, 0.3) is 0 Å². The number of rotatable bonds is 5. The normalized spacial score (nSPS) is 30.3. The van der Waals surface area contributed by atoms with Gasteiger partial charge in [-0.3, -0.25) is 0 Å². The molecule has 2 heteroatoms. The number of aliphatic hydroxyl groups is 1. The first-order valence-corrected chi connectivity index (χ1v) is 5.14. The summed E-state index contributed by atoms with van der Waals surface area (Å²) >= 11 is 0. The van der Waals surface area contributed by atoms with Crippen molar-refractivity contribution in [3.63, 3.8) is 0 Å². The van der Waals surface area contributed by atoms with Gasteiger partial charge < -0.3 is 9.84 Å². The highest BCUT2D eigenvalue weighted by molar-refractivity contribution is 4.77. The van der Waals surface area contributed by atoms with Crippen LogP contribution in [0, 0.1) is 5.92 Å². The molecule has 0 aromatic carbocycles. The third-order valence-corrected chi connectivity index (χ3v) is 2.68. The summed E-state index contributed by atoms with van der Waals surface area (Å²) in [7, 11) is 0. The van der Waals surface area contributed by atoms with Gasteiger partial charge in [0.2, 0.25) is 0 Å². The maximum atomic E-state index is 9.78. The van der Waals surface area contributed by atoms with E-state index in [2.05, 4.69) is 13.5 Å². The SMILES string of the molecule is C=CCCCC(O)C1COC(C)C1. The molecule has 76 valence electrons. The minimum absolute atomic E-state index is 0.176. The monoisotopic (exact) mass is 184 g/mol. The highest BCUT2D eigenvalue weighted by Crippen LogP contribution is 2.24. The minimum Gasteiger partial charge on any atom is -0.393 e. The van der Waals surface area contributed by atoms with E-state index in [1.54, 1.807) is 0 Å². The van der Waals surface area contributed by atoms with Gasteiger partial charge in [-0.15, -0.1) is 6.58 Å². The van der Waals surface area contributed by atoms with Crippen LogP contribution < -0.4 is 0 Å². The lowest BCUT2D eigenvalue weighted by Gasteiger charge is -2.15. The van der Waals surface area contributed by atoms with Crippen molar-refractivity contribution in [2.45, 2.75) is 44.8 Å². The van der Waals surface area contributed by atoms with Crippen LogP contribution in [0.3, 0.4) is 0 Å². The summed E-state index contributed by atoms with van der Waals surface area (Å²) in [4.78, 5) is 0. The lowest BCUT2D eigenvalue weighted by atomic mass is 9.95. The van der Waals surface area contributed by atoms with E-state index in [0.717, 1.165) is 32.3 Å². The van der Waals surface area contributed by atoms with Crippen LogP contribution in [-0.2, 0) is 4.74 Å². The van der Waals surface area contributed by atoms with E-state index in [1.165, 1.54) is 0 Å². The molecule has 0 radical (unpaired) electrons. The number of hydrogen-bond donors (Lipinski definition) is 1. The lowest BCUT2D eigenvalue weighted by Crippen LogP contribution is -2.20. The van der Waals surface area contributed by atoms with Crippen LogP contribution in [0.1, 0.15) is 32.6 Å². The molecule has 0 bridgehead atoms. The first-order valence-electron chi connectivity index (χ1n) is 5.14. The summed E-state index contributed by atoms with van der Waals surface area (Å²) in [5, 5.41) is 9.78. The Labute approximate surface area is 80.6 Å². The summed E-state index contributed by atoms with van der Waals surface area (Å²) in [5.74, 6) is 0.361. The van der Waals surface area contributed by atoms with Crippen LogP contribution >= 0.6 is 0 Å². The molecule has 13 heavy (non-hydrogen) atoms. The van der Waals surface area contributed by atoms with E-state index in [4.69, 9.17) is 4.74 Å². The predicted octanol–water partition coefficient (Wildman–Crippen LogP) is 2.13. The highest BCUT2D eigenvalue weighted by atomic mass is 16.5. The molecule has 3 unspecified atom stereocenters. The van der Waals surface area contributed by atoms with Crippen LogP contribution in [-0.4, -0.2) is 23.9 Å². The number of allylic oxidation sites excluding steroid dienone is 1. The Hall–Kier alpha value is -0.340. The Kier molecular flexibility index (Phi) is 4.46. The molecular formula is C11H20O2. The second kappa shape index (κ2) is 5.40. The second-order valence-electron chi connectivity index (χ2n) is 3.93. The summed E-state index contributed by atoms with van der Waals surface area (Å²) < 4.78 is 5.41. The Morgan fingerprint density at radius 2 is 2.46 bits per heavy atom. The van der Waals surface area contributed by atoms with Crippen LogP contribution in [0.4, 0.5) is 0 Å². The number of aliphatic hydroxyl groups excluding tert-OH is 1. The predicted molar refractivity (Wildman–Crippen MR) is 53.6 cm³/mol. The van der Waals surface area contributed by atoms with Gasteiger partial charge in [-0.1, -0.05) is 6.08 Å². The highest BCUT2D eigenvalue weighted by Gasteiger charge is 2.27. The largest absolute Gasteiger partial charge is 0.393 e. The van der Waals surface area contributed by atoms with Crippen molar-refractivity contribution in [3.8, 4) is 0 Å². The number of ether oxygens (including phenoxy) is 1. The summed E-state index contributed by atoms with van der Waals surface area (Å²) in [6, 6.07) is 0. The first kappa shape index (κ1) is 10.7. The quantitative estimate of drug-likeness (QED) is 0.524. The van der Waals surface area contributed by atoms with Crippen LogP contribution in [0.2, 0.25) is 0 Å². The van der Waals surface area contributed by atoms with E-state index in [-0.39, 0.29) is 6.10 Å². The van der Waals surface area contributed by atoms with Gasteiger partial charge in [0.25, 0.3) is 0 Å². The molecule has 0 aromatic rings. The number of hydrogen-bond acceptors (Lipinski definition) is 2. The second-order valence-corrected chi connectivity index (χ2v) is 3.93. The van der Waals surface area contributed by atoms with Gasteiger partial charge in [-0.05, 0) is 32.6 Å². The molecule has 1 heterocycles. The lowest BCUT2D eigenvalue weighted by molar-refractivity contribution is 0.0746. The zero-order valence-corrected chi connectivity index (χ0v) is 8.41. The van der Waals surface area contributed by atoms with E-state index >= 15 is 0 Å². The standard InChI is InChI=1S/C11H20O2/c1-3-4-5-6-11(12)10-7-9(2)13-8-10/h3,9-12H,1,4-8H2,2H3.